The molecule has 1 heterocycles. The minimum atomic E-state index is -4.01. The van der Waals surface area contributed by atoms with E-state index in [1.54, 1.807) is 12.1 Å². The van der Waals surface area contributed by atoms with Crippen molar-refractivity contribution < 1.29 is 23.3 Å². The van der Waals surface area contributed by atoms with Crippen molar-refractivity contribution in [2.75, 3.05) is 30.5 Å². The van der Waals surface area contributed by atoms with Gasteiger partial charge in [-0.25, -0.2) is 8.42 Å². The number of hydrogen-bond acceptors (Lipinski definition) is 5. The molecule has 0 unspecified atom stereocenters. The van der Waals surface area contributed by atoms with Crippen LogP contribution in [-0.4, -0.2) is 50.7 Å². The van der Waals surface area contributed by atoms with Gasteiger partial charge < -0.3 is 10.0 Å². The van der Waals surface area contributed by atoms with Gasteiger partial charge in [0.05, 0.1) is 35.1 Å². The molecular formula is C21H28N3O5S+. The maximum absolute atomic E-state index is 13.4. The van der Waals surface area contributed by atoms with Gasteiger partial charge in [-0.2, -0.15) is 0 Å². The van der Waals surface area contributed by atoms with E-state index in [0.29, 0.717) is 6.54 Å². The number of hydrogen-bond donors (Lipinski definition) is 2. The molecule has 0 spiro atoms. The Morgan fingerprint density at radius 2 is 1.80 bits per heavy atom. The molecule has 0 radical (unpaired) electrons. The van der Waals surface area contributed by atoms with Crippen molar-refractivity contribution in [3.05, 3.63) is 64.2 Å². The quantitative estimate of drug-likeness (QED) is 0.484. The molecule has 2 aromatic rings. The second kappa shape index (κ2) is 9.55. The Hall–Kier alpha value is -2.49. The minimum absolute atomic E-state index is 0.0807. The lowest BCUT2D eigenvalue weighted by atomic mass is 10.1. The van der Waals surface area contributed by atoms with E-state index in [0.717, 1.165) is 35.8 Å². The van der Waals surface area contributed by atoms with Crippen LogP contribution < -0.4 is 9.21 Å². The summed E-state index contributed by atoms with van der Waals surface area (Å²) in [7, 11) is -4.01. The zero-order valence-electron chi connectivity index (χ0n) is 17.0. The fourth-order valence-corrected chi connectivity index (χ4v) is 5.28. The van der Waals surface area contributed by atoms with Gasteiger partial charge in [0.15, 0.2) is 0 Å². The van der Waals surface area contributed by atoms with Crippen molar-refractivity contribution in [3.63, 3.8) is 0 Å². The maximum Gasteiger partial charge on any atom is 0.271 e. The summed E-state index contributed by atoms with van der Waals surface area (Å²) in [5.74, 6) is 0. The van der Waals surface area contributed by atoms with E-state index in [1.165, 1.54) is 47.7 Å². The summed E-state index contributed by atoms with van der Waals surface area (Å²) in [6, 6.07) is 11.9. The first-order chi connectivity index (χ1) is 14.3. The monoisotopic (exact) mass is 434 g/mol. The van der Waals surface area contributed by atoms with Gasteiger partial charge in [0, 0.05) is 12.1 Å². The van der Waals surface area contributed by atoms with Crippen molar-refractivity contribution in [2.45, 2.75) is 37.2 Å². The Bertz CT molecular complexity index is 972. The highest BCUT2D eigenvalue weighted by atomic mass is 32.2. The number of aryl methyl sites for hydroxylation is 1. The number of quaternary nitrogens is 1. The molecule has 0 aliphatic carbocycles. The normalized spacial score (nSPS) is 16.2. The smallest absolute Gasteiger partial charge is 0.271 e. The molecule has 1 fully saturated rings. The van der Waals surface area contributed by atoms with Crippen LogP contribution in [0.25, 0.3) is 0 Å². The summed E-state index contributed by atoms with van der Waals surface area (Å²) < 4.78 is 27.9. The average molecular weight is 435 g/mol. The van der Waals surface area contributed by atoms with E-state index in [-0.39, 0.29) is 22.8 Å². The van der Waals surface area contributed by atoms with Gasteiger partial charge in [-0.05, 0) is 44.4 Å². The zero-order chi connectivity index (χ0) is 21.7. The van der Waals surface area contributed by atoms with Gasteiger partial charge in [0.25, 0.3) is 15.7 Å². The molecule has 1 aliphatic heterocycles. The number of likely N-dealkylation sites (tertiary alicyclic amines) is 1. The highest BCUT2D eigenvalue weighted by molar-refractivity contribution is 7.92. The second-order valence-electron chi connectivity index (χ2n) is 7.79. The number of aliphatic hydroxyl groups is 1. The third kappa shape index (κ3) is 5.35. The number of anilines is 1. The first-order valence-corrected chi connectivity index (χ1v) is 11.6. The number of non-ortho nitro benzene ring substituents is 1. The van der Waals surface area contributed by atoms with E-state index < -0.39 is 21.1 Å². The molecule has 1 atom stereocenters. The average Bonchev–Trinajstić information content (AvgIpc) is 2.73. The molecule has 30 heavy (non-hydrogen) atoms. The molecule has 0 bridgehead atoms. The van der Waals surface area contributed by atoms with Crippen LogP contribution in [0.1, 0.15) is 24.8 Å². The number of piperidine rings is 1. The van der Waals surface area contributed by atoms with Gasteiger partial charge >= 0.3 is 0 Å². The van der Waals surface area contributed by atoms with Crippen LogP contribution in [0.15, 0.2) is 53.4 Å². The molecule has 3 rings (SSSR count). The Morgan fingerprint density at radius 3 is 2.43 bits per heavy atom. The molecule has 8 nitrogen and oxygen atoms in total. The van der Waals surface area contributed by atoms with Gasteiger partial charge in [-0.1, -0.05) is 23.8 Å². The number of sulfonamides is 1. The summed E-state index contributed by atoms with van der Waals surface area (Å²) in [6.07, 6.45) is 2.48. The number of aliphatic hydroxyl groups excluding tert-OH is 1. The topological polar surface area (TPSA) is 105 Å². The minimum Gasteiger partial charge on any atom is -0.385 e. The molecule has 1 aliphatic rings. The van der Waals surface area contributed by atoms with E-state index in [1.807, 2.05) is 6.92 Å². The van der Waals surface area contributed by atoms with Crippen LogP contribution in [0.4, 0.5) is 11.4 Å². The number of nitro benzene ring substituents is 1. The van der Waals surface area contributed by atoms with Crippen molar-refractivity contribution in [1.29, 1.82) is 0 Å². The van der Waals surface area contributed by atoms with Crippen LogP contribution in [0, 0.1) is 17.0 Å². The van der Waals surface area contributed by atoms with Crippen LogP contribution in [0.5, 0.6) is 0 Å². The molecule has 9 heteroatoms. The van der Waals surface area contributed by atoms with E-state index >= 15 is 0 Å². The summed E-state index contributed by atoms with van der Waals surface area (Å²) in [4.78, 5) is 12.0. The predicted molar refractivity (Wildman–Crippen MR) is 114 cm³/mol. The van der Waals surface area contributed by atoms with Crippen molar-refractivity contribution >= 4 is 21.4 Å². The number of nitro groups is 1. The molecule has 0 amide bonds. The summed E-state index contributed by atoms with van der Waals surface area (Å²) in [5.41, 5.74) is 0.884. The van der Waals surface area contributed by atoms with Crippen LogP contribution >= 0.6 is 0 Å². The van der Waals surface area contributed by atoms with Crippen LogP contribution in [0.3, 0.4) is 0 Å². The largest absolute Gasteiger partial charge is 0.385 e. The van der Waals surface area contributed by atoms with Gasteiger partial charge in [0.2, 0.25) is 0 Å². The third-order valence-corrected chi connectivity index (χ3v) is 7.21. The molecule has 162 valence electrons. The predicted octanol–water partition coefficient (Wildman–Crippen LogP) is 1.53. The summed E-state index contributed by atoms with van der Waals surface area (Å²) in [6.45, 7) is 4.05. The number of benzene rings is 2. The van der Waals surface area contributed by atoms with Crippen LogP contribution in [0.2, 0.25) is 0 Å². The molecule has 2 N–H and O–H groups in total. The highest BCUT2D eigenvalue weighted by Crippen LogP contribution is 2.27. The summed E-state index contributed by atoms with van der Waals surface area (Å²) in [5, 5.41) is 21.9. The number of rotatable bonds is 8. The Morgan fingerprint density at radius 1 is 1.13 bits per heavy atom. The molecule has 0 saturated carbocycles. The van der Waals surface area contributed by atoms with Gasteiger partial charge in [0.1, 0.15) is 12.6 Å². The van der Waals surface area contributed by atoms with Gasteiger partial charge in [-0.15, -0.1) is 0 Å². The van der Waals surface area contributed by atoms with E-state index in [2.05, 4.69) is 0 Å². The Labute approximate surface area is 176 Å². The lowest BCUT2D eigenvalue weighted by Gasteiger charge is -2.30. The number of nitrogens with zero attached hydrogens (tertiary/aromatic N) is 2. The number of nitrogens with one attached hydrogen (secondary N) is 1. The second-order valence-corrected chi connectivity index (χ2v) is 9.66. The SMILES string of the molecule is Cc1ccc(S(=O)(=O)N(C[C@H](O)C[NH+]2CCCCC2)c2cccc([N+](=O)[O-])c2)cc1. The van der Waals surface area contributed by atoms with Crippen LogP contribution in [-0.2, 0) is 10.0 Å². The fourth-order valence-electron chi connectivity index (χ4n) is 3.79. The van der Waals surface area contributed by atoms with Crippen molar-refractivity contribution in [1.82, 2.24) is 0 Å². The zero-order valence-corrected chi connectivity index (χ0v) is 17.8. The standard InChI is InChI=1S/C21H27N3O5S/c1-17-8-10-21(11-9-17)30(28,29)23(18-6-5-7-19(14-18)24(26)27)16-20(25)15-22-12-3-2-4-13-22/h5-11,14,20,25H,2-4,12-13,15-16H2,1H3/p+1/t20-/m1/s1. The third-order valence-electron chi connectivity index (χ3n) is 5.40. The van der Waals surface area contributed by atoms with E-state index in [9.17, 15) is 23.6 Å². The highest BCUT2D eigenvalue weighted by Gasteiger charge is 2.30. The first kappa shape index (κ1) is 22.2. The molecule has 0 aromatic heterocycles. The summed E-state index contributed by atoms with van der Waals surface area (Å²) >= 11 is 0. The molecular weight excluding hydrogens is 406 g/mol. The Kier molecular flexibility index (Phi) is 7.06. The van der Waals surface area contributed by atoms with Crippen molar-refractivity contribution in [3.8, 4) is 0 Å². The lowest BCUT2D eigenvalue weighted by molar-refractivity contribution is -0.907. The van der Waals surface area contributed by atoms with Gasteiger partial charge in [-0.3, -0.25) is 14.4 Å². The van der Waals surface area contributed by atoms with Crippen molar-refractivity contribution in [2.24, 2.45) is 0 Å². The first-order valence-electron chi connectivity index (χ1n) is 10.1. The van der Waals surface area contributed by atoms with E-state index in [4.69, 9.17) is 0 Å². The fraction of sp³-hybridized carbons (Fsp3) is 0.429. The Balaban J connectivity index is 1.92. The molecule has 1 saturated heterocycles. The lowest BCUT2D eigenvalue weighted by Crippen LogP contribution is -3.14. The molecule has 2 aromatic carbocycles. The maximum atomic E-state index is 13.4.